The van der Waals surface area contributed by atoms with E-state index in [9.17, 15) is 0 Å². The van der Waals surface area contributed by atoms with Crippen molar-refractivity contribution in [2.45, 2.75) is 6.42 Å². The van der Waals surface area contributed by atoms with Crippen LogP contribution in [-0.2, 0) is 0 Å². The molecular weight excluding hydrogens is 176 g/mol. The molecule has 74 valence electrons. The summed E-state index contributed by atoms with van der Waals surface area (Å²) in [7, 11) is 1.94. The van der Waals surface area contributed by atoms with Crippen LogP contribution in [0.3, 0.4) is 0 Å². The number of nitriles is 1. The smallest absolute Gasteiger partial charge is 0.142 e. The van der Waals surface area contributed by atoms with Gasteiger partial charge in [-0.1, -0.05) is 6.07 Å². The van der Waals surface area contributed by atoms with Crippen LogP contribution in [0.1, 0.15) is 12.1 Å². The van der Waals surface area contributed by atoms with Gasteiger partial charge in [0.2, 0.25) is 0 Å². The fourth-order valence-corrected chi connectivity index (χ4v) is 1.14. The summed E-state index contributed by atoms with van der Waals surface area (Å²) < 4.78 is 0. The summed E-state index contributed by atoms with van der Waals surface area (Å²) in [5, 5.41) is 8.67. The van der Waals surface area contributed by atoms with E-state index in [1.54, 1.807) is 6.07 Å². The van der Waals surface area contributed by atoms with Gasteiger partial charge < -0.3 is 10.6 Å². The Morgan fingerprint density at radius 1 is 1.57 bits per heavy atom. The van der Waals surface area contributed by atoms with Crippen molar-refractivity contribution in [1.29, 1.82) is 5.26 Å². The molecule has 0 aliphatic carbocycles. The van der Waals surface area contributed by atoms with Crippen molar-refractivity contribution < 1.29 is 0 Å². The van der Waals surface area contributed by atoms with Crippen molar-refractivity contribution in [3.63, 3.8) is 0 Å². The van der Waals surface area contributed by atoms with Crippen molar-refractivity contribution in [3.05, 3.63) is 23.9 Å². The van der Waals surface area contributed by atoms with E-state index < -0.39 is 0 Å². The van der Waals surface area contributed by atoms with Crippen LogP contribution < -0.4 is 10.6 Å². The van der Waals surface area contributed by atoms with Crippen LogP contribution in [0.5, 0.6) is 0 Å². The molecular formula is C10H14N4. The molecule has 0 amide bonds. The van der Waals surface area contributed by atoms with Crippen LogP contribution in [0.15, 0.2) is 18.2 Å². The van der Waals surface area contributed by atoms with Gasteiger partial charge in [-0.25, -0.2) is 4.98 Å². The fourth-order valence-electron chi connectivity index (χ4n) is 1.14. The number of hydrogen-bond donors (Lipinski definition) is 1. The second-order valence-corrected chi connectivity index (χ2v) is 3.06. The summed E-state index contributed by atoms with van der Waals surface area (Å²) in [5.74, 6) is 0.817. The first kappa shape index (κ1) is 10.5. The number of anilines is 1. The lowest BCUT2D eigenvalue weighted by Crippen LogP contribution is -2.22. The van der Waals surface area contributed by atoms with Crippen LogP contribution in [0, 0.1) is 11.3 Å². The number of rotatable bonds is 4. The second-order valence-electron chi connectivity index (χ2n) is 3.06. The third kappa shape index (κ3) is 2.71. The number of nitrogens with two attached hydrogens (primary N) is 1. The highest BCUT2D eigenvalue weighted by molar-refractivity contribution is 5.40. The predicted molar refractivity (Wildman–Crippen MR) is 55.9 cm³/mol. The Morgan fingerprint density at radius 3 is 3.00 bits per heavy atom. The molecule has 1 aromatic heterocycles. The number of hydrogen-bond acceptors (Lipinski definition) is 4. The standard InChI is InChI=1S/C10H14N4/c1-14(7-3-6-11)10-5-2-4-9(8-12)13-10/h2,4-5H,3,6-7,11H2,1H3. The van der Waals surface area contributed by atoms with Crippen LogP contribution in [0.25, 0.3) is 0 Å². The van der Waals surface area contributed by atoms with Crippen molar-refractivity contribution in [2.75, 3.05) is 25.0 Å². The van der Waals surface area contributed by atoms with Crippen LogP contribution >= 0.6 is 0 Å². The molecule has 1 aromatic rings. The molecule has 2 N–H and O–H groups in total. The molecule has 0 aliphatic rings. The maximum Gasteiger partial charge on any atom is 0.142 e. The SMILES string of the molecule is CN(CCCN)c1cccc(C#N)n1. The zero-order chi connectivity index (χ0) is 10.4. The van der Waals surface area contributed by atoms with Crippen molar-refractivity contribution in [1.82, 2.24) is 4.98 Å². The van der Waals surface area contributed by atoms with Crippen molar-refractivity contribution in [3.8, 4) is 6.07 Å². The molecule has 0 saturated carbocycles. The van der Waals surface area contributed by atoms with E-state index in [-0.39, 0.29) is 0 Å². The monoisotopic (exact) mass is 190 g/mol. The summed E-state index contributed by atoms with van der Waals surface area (Å²) in [6, 6.07) is 7.43. The van der Waals surface area contributed by atoms with Crippen LogP contribution in [-0.4, -0.2) is 25.1 Å². The first-order chi connectivity index (χ1) is 6.77. The van der Waals surface area contributed by atoms with Gasteiger partial charge in [0.25, 0.3) is 0 Å². The van der Waals surface area contributed by atoms with E-state index in [1.807, 2.05) is 30.1 Å². The Bertz CT molecular complexity index is 329. The van der Waals surface area contributed by atoms with Gasteiger partial charge in [0.05, 0.1) is 0 Å². The van der Waals surface area contributed by atoms with E-state index >= 15 is 0 Å². The van der Waals surface area contributed by atoms with E-state index in [1.165, 1.54) is 0 Å². The van der Waals surface area contributed by atoms with E-state index in [0.29, 0.717) is 12.2 Å². The van der Waals surface area contributed by atoms with E-state index in [0.717, 1.165) is 18.8 Å². The lowest BCUT2D eigenvalue weighted by atomic mass is 10.3. The molecule has 0 radical (unpaired) electrons. The highest BCUT2D eigenvalue weighted by atomic mass is 15.2. The van der Waals surface area contributed by atoms with Crippen LogP contribution in [0.4, 0.5) is 5.82 Å². The van der Waals surface area contributed by atoms with E-state index in [4.69, 9.17) is 11.0 Å². The molecule has 4 heteroatoms. The third-order valence-electron chi connectivity index (χ3n) is 1.94. The molecule has 0 fully saturated rings. The molecule has 4 nitrogen and oxygen atoms in total. The molecule has 0 saturated heterocycles. The average molecular weight is 190 g/mol. The minimum atomic E-state index is 0.446. The maximum absolute atomic E-state index is 8.67. The molecule has 0 aromatic carbocycles. The highest BCUT2D eigenvalue weighted by Gasteiger charge is 2.01. The molecule has 0 spiro atoms. The predicted octanol–water partition coefficient (Wildman–Crippen LogP) is 0.738. The van der Waals surface area contributed by atoms with Gasteiger partial charge in [-0.05, 0) is 25.1 Å². The lowest BCUT2D eigenvalue weighted by Gasteiger charge is -2.17. The van der Waals surface area contributed by atoms with Gasteiger partial charge in [0.15, 0.2) is 0 Å². The fraction of sp³-hybridized carbons (Fsp3) is 0.400. The zero-order valence-corrected chi connectivity index (χ0v) is 8.27. The van der Waals surface area contributed by atoms with Crippen molar-refractivity contribution in [2.24, 2.45) is 5.73 Å². The summed E-state index contributed by atoms with van der Waals surface area (Å²) >= 11 is 0. The van der Waals surface area contributed by atoms with Crippen LogP contribution in [0.2, 0.25) is 0 Å². The number of pyridine rings is 1. The van der Waals surface area contributed by atoms with Gasteiger partial charge in [-0.3, -0.25) is 0 Å². The Labute approximate surface area is 84.0 Å². The Balaban J connectivity index is 2.70. The van der Waals surface area contributed by atoms with Crippen molar-refractivity contribution >= 4 is 5.82 Å². The lowest BCUT2D eigenvalue weighted by molar-refractivity contribution is 0.786. The Morgan fingerprint density at radius 2 is 2.36 bits per heavy atom. The Hall–Kier alpha value is -1.60. The quantitative estimate of drug-likeness (QED) is 0.760. The summed E-state index contributed by atoms with van der Waals surface area (Å²) in [5.41, 5.74) is 5.86. The first-order valence-electron chi connectivity index (χ1n) is 4.56. The molecule has 1 heterocycles. The first-order valence-corrected chi connectivity index (χ1v) is 4.56. The average Bonchev–Trinajstić information content (AvgIpc) is 2.26. The van der Waals surface area contributed by atoms with Gasteiger partial charge in [-0.15, -0.1) is 0 Å². The number of nitrogens with zero attached hydrogens (tertiary/aromatic N) is 3. The molecule has 1 rings (SSSR count). The van der Waals surface area contributed by atoms with Gasteiger partial charge in [0.1, 0.15) is 17.6 Å². The molecule has 14 heavy (non-hydrogen) atoms. The van der Waals surface area contributed by atoms with E-state index in [2.05, 4.69) is 4.98 Å². The Kier molecular flexibility index (Phi) is 3.89. The maximum atomic E-state index is 8.67. The van der Waals surface area contributed by atoms with Gasteiger partial charge >= 0.3 is 0 Å². The summed E-state index contributed by atoms with van der Waals surface area (Å²) in [4.78, 5) is 6.16. The zero-order valence-electron chi connectivity index (χ0n) is 8.27. The minimum Gasteiger partial charge on any atom is -0.360 e. The molecule has 0 atom stereocenters. The normalized spacial score (nSPS) is 9.50. The van der Waals surface area contributed by atoms with Gasteiger partial charge in [0, 0.05) is 13.6 Å². The topological polar surface area (TPSA) is 65.9 Å². The summed E-state index contributed by atoms with van der Waals surface area (Å²) in [6.45, 7) is 1.53. The largest absolute Gasteiger partial charge is 0.360 e. The second kappa shape index (κ2) is 5.20. The molecule has 0 unspecified atom stereocenters. The molecule has 0 aliphatic heterocycles. The molecule has 0 bridgehead atoms. The third-order valence-corrected chi connectivity index (χ3v) is 1.94. The summed E-state index contributed by atoms with van der Waals surface area (Å²) in [6.07, 6.45) is 0.926. The number of aromatic nitrogens is 1. The minimum absolute atomic E-state index is 0.446. The highest BCUT2D eigenvalue weighted by Crippen LogP contribution is 2.08. The van der Waals surface area contributed by atoms with Gasteiger partial charge in [-0.2, -0.15) is 5.26 Å².